The molecular weight excluding hydrogens is 232 g/mol. The number of aliphatic hydroxyl groups is 1. The van der Waals surface area contributed by atoms with Gasteiger partial charge in [-0.25, -0.2) is 0 Å². The van der Waals surface area contributed by atoms with Crippen LogP contribution >= 0.6 is 0 Å². The summed E-state index contributed by atoms with van der Waals surface area (Å²) in [5.74, 6) is 0. The van der Waals surface area contributed by atoms with Crippen LogP contribution in [0.3, 0.4) is 0 Å². The quantitative estimate of drug-likeness (QED) is 0.608. The molecule has 1 aliphatic heterocycles. The standard InChI is InChI=1S/C13H28N2O3/c1-14-11-13(3-8-18-9-4-13)12-15(5-7-16)6-10-17-2/h14,16H,3-12H2,1-2H3. The molecule has 0 aromatic carbocycles. The van der Waals surface area contributed by atoms with Crippen molar-refractivity contribution >= 4 is 0 Å². The molecule has 1 aliphatic rings. The molecule has 0 unspecified atom stereocenters. The Morgan fingerprint density at radius 2 is 2.06 bits per heavy atom. The predicted octanol–water partition coefficient (Wildman–Crippen LogP) is -0.0567. The maximum absolute atomic E-state index is 9.16. The molecular formula is C13H28N2O3. The molecule has 5 heteroatoms. The highest BCUT2D eigenvalue weighted by molar-refractivity contribution is 4.87. The zero-order valence-electron chi connectivity index (χ0n) is 11.8. The van der Waals surface area contributed by atoms with Crippen LogP contribution < -0.4 is 5.32 Å². The van der Waals surface area contributed by atoms with Gasteiger partial charge < -0.3 is 19.9 Å². The van der Waals surface area contributed by atoms with Gasteiger partial charge in [0.15, 0.2) is 0 Å². The first-order valence-corrected chi connectivity index (χ1v) is 6.81. The van der Waals surface area contributed by atoms with E-state index in [0.29, 0.717) is 6.61 Å². The number of aliphatic hydroxyl groups excluding tert-OH is 1. The van der Waals surface area contributed by atoms with Crippen LogP contribution in [0.2, 0.25) is 0 Å². The van der Waals surface area contributed by atoms with E-state index in [9.17, 15) is 0 Å². The molecule has 1 fully saturated rings. The van der Waals surface area contributed by atoms with Crippen molar-refractivity contribution in [2.24, 2.45) is 5.41 Å². The molecule has 18 heavy (non-hydrogen) atoms. The van der Waals surface area contributed by atoms with Crippen LogP contribution in [0, 0.1) is 5.41 Å². The zero-order chi connectivity index (χ0) is 13.3. The van der Waals surface area contributed by atoms with Crippen LogP contribution in [0.4, 0.5) is 0 Å². The maximum atomic E-state index is 9.16. The van der Waals surface area contributed by atoms with E-state index in [1.807, 2.05) is 7.05 Å². The number of rotatable bonds is 9. The summed E-state index contributed by atoms with van der Waals surface area (Å²) in [5, 5.41) is 12.5. The molecule has 0 atom stereocenters. The number of hydrogen-bond acceptors (Lipinski definition) is 5. The van der Waals surface area contributed by atoms with E-state index in [0.717, 1.165) is 52.2 Å². The Bertz CT molecular complexity index is 203. The molecule has 0 amide bonds. The lowest BCUT2D eigenvalue weighted by molar-refractivity contribution is -0.00912. The first-order chi connectivity index (χ1) is 8.76. The van der Waals surface area contributed by atoms with E-state index in [1.54, 1.807) is 7.11 Å². The first kappa shape index (κ1) is 15.9. The summed E-state index contributed by atoms with van der Waals surface area (Å²) in [6.45, 7) is 6.21. The highest BCUT2D eigenvalue weighted by atomic mass is 16.5. The van der Waals surface area contributed by atoms with E-state index in [4.69, 9.17) is 14.6 Å². The third-order valence-corrected chi connectivity index (χ3v) is 3.69. The van der Waals surface area contributed by atoms with Gasteiger partial charge in [0.05, 0.1) is 13.2 Å². The van der Waals surface area contributed by atoms with Gasteiger partial charge in [0, 0.05) is 46.5 Å². The van der Waals surface area contributed by atoms with Gasteiger partial charge in [-0.2, -0.15) is 0 Å². The molecule has 0 saturated carbocycles. The van der Waals surface area contributed by atoms with E-state index < -0.39 is 0 Å². The summed E-state index contributed by atoms with van der Waals surface area (Å²) in [6.07, 6.45) is 2.17. The van der Waals surface area contributed by atoms with Crippen LogP contribution in [-0.4, -0.2) is 76.8 Å². The van der Waals surface area contributed by atoms with Crippen molar-refractivity contribution in [3.8, 4) is 0 Å². The lowest BCUT2D eigenvalue weighted by Crippen LogP contribution is -2.48. The van der Waals surface area contributed by atoms with E-state index in [1.165, 1.54) is 0 Å². The number of ether oxygens (including phenoxy) is 2. The summed E-state index contributed by atoms with van der Waals surface area (Å²) >= 11 is 0. The average molecular weight is 260 g/mol. The van der Waals surface area contributed by atoms with Crippen molar-refractivity contribution in [3.63, 3.8) is 0 Å². The predicted molar refractivity (Wildman–Crippen MR) is 71.8 cm³/mol. The van der Waals surface area contributed by atoms with Crippen molar-refractivity contribution in [1.29, 1.82) is 0 Å². The third-order valence-electron chi connectivity index (χ3n) is 3.69. The molecule has 0 aromatic heterocycles. The Kier molecular flexibility index (Phi) is 7.77. The van der Waals surface area contributed by atoms with Crippen molar-refractivity contribution in [2.45, 2.75) is 12.8 Å². The van der Waals surface area contributed by atoms with Gasteiger partial charge in [-0.3, -0.25) is 4.90 Å². The summed E-state index contributed by atoms with van der Waals surface area (Å²) < 4.78 is 10.6. The Balaban J connectivity index is 2.54. The van der Waals surface area contributed by atoms with Crippen molar-refractivity contribution < 1.29 is 14.6 Å². The molecule has 108 valence electrons. The Labute approximate surface area is 110 Å². The fraction of sp³-hybridized carbons (Fsp3) is 1.00. The molecule has 0 radical (unpaired) electrons. The minimum Gasteiger partial charge on any atom is -0.395 e. The van der Waals surface area contributed by atoms with Gasteiger partial charge >= 0.3 is 0 Å². The van der Waals surface area contributed by atoms with Gasteiger partial charge in [0.2, 0.25) is 0 Å². The van der Waals surface area contributed by atoms with Gasteiger partial charge in [0.1, 0.15) is 0 Å². The van der Waals surface area contributed by atoms with E-state index in [-0.39, 0.29) is 12.0 Å². The SMILES string of the molecule is CNCC1(CN(CCO)CCOC)CCOCC1. The number of methoxy groups -OCH3 is 1. The van der Waals surface area contributed by atoms with E-state index in [2.05, 4.69) is 10.2 Å². The number of hydrogen-bond donors (Lipinski definition) is 2. The smallest absolute Gasteiger partial charge is 0.0589 e. The Morgan fingerprint density at radius 3 is 2.61 bits per heavy atom. The zero-order valence-corrected chi connectivity index (χ0v) is 11.8. The molecule has 1 saturated heterocycles. The molecule has 5 nitrogen and oxygen atoms in total. The second-order valence-electron chi connectivity index (χ2n) is 5.14. The van der Waals surface area contributed by atoms with Crippen LogP contribution in [0.15, 0.2) is 0 Å². The lowest BCUT2D eigenvalue weighted by atomic mass is 9.79. The lowest BCUT2D eigenvalue weighted by Gasteiger charge is -2.41. The summed E-state index contributed by atoms with van der Waals surface area (Å²) in [6, 6.07) is 0. The van der Waals surface area contributed by atoms with Crippen molar-refractivity contribution in [3.05, 3.63) is 0 Å². The maximum Gasteiger partial charge on any atom is 0.0589 e. The van der Waals surface area contributed by atoms with Gasteiger partial charge in [-0.15, -0.1) is 0 Å². The molecule has 0 spiro atoms. The topological polar surface area (TPSA) is 54.0 Å². The van der Waals surface area contributed by atoms with Crippen molar-refractivity contribution in [2.75, 3.05) is 66.8 Å². The molecule has 0 aliphatic carbocycles. The van der Waals surface area contributed by atoms with Crippen LogP contribution in [0.1, 0.15) is 12.8 Å². The molecule has 0 aromatic rings. The summed E-state index contributed by atoms with van der Waals surface area (Å²) in [7, 11) is 3.72. The van der Waals surface area contributed by atoms with Gasteiger partial charge in [-0.05, 0) is 25.3 Å². The van der Waals surface area contributed by atoms with Gasteiger partial charge in [0.25, 0.3) is 0 Å². The van der Waals surface area contributed by atoms with Crippen LogP contribution in [0.5, 0.6) is 0 Å². The fourth-order valence-electron chi connectivity index (χ4n) is 2.68. The number of nitrogens with zero attached hydrogens (tertiary/aromatic N) is 1. The minimum absolute atomic E-state index is 0.204. The Hall–Kier alpha value is -0.200. The molecule has 1 heterocycles. The highest BCUT2D eigenvalue weighted by Gasteiger charge is 2.33. The molecule has 1 rings (SSSR count). The summed E-state index contributed by atoms with van der Waals surface area (Å²) in [4.78, 5) is 2.30. The molecule has 2 N–H and O–H groups in total. The number of nitrogens with one attached hydrogen (secondary N) is 1. The minimum atomic E-state index is 0.204. The fourth-order valence-corrected chi connectivity index (χ4v) is 2.68. The highest BCUT2D eigenvalue weighted by Crippen LogP contribution is 2.30. The third kappa shape index (κ3) is 5.20. The second kappa shape index (κ2) is 8.82. The van der Waals surface area contributed by atoms with Gasteiger partial charge in [-0.1, -0.05) is 0 Å². The monoisotopic (exact) mass is 260 g/mol. The molecule has 0 bridgehead atoms. The first-order valence-electron chi connectivity index (χ1n) is 6.81. The van der Waals surface area contributed by atoms with Crippen molar-refractivity contribution in [1.82, 2.24) is 10.2 Å². The normalized spacial score (nSPS) is 19.3. The average Bonchev–Trinajstić information content (AvgIpc) is 2.37. The van der Waals surface area contributed by atoms with E-state index >= 15 is 0 Å². The van der Waals surface area contributed by atoms with Crippen LogP contribution in [0.25, 0.3) is 0 Å². The largest absolute Gasteiger partial charge is 0.395 e. The van der Waals surface area contributed by atoms with Crippen LogP contribution in [-0.2, 0) is 9.47 Å². The Morgan fingerprint density at radius 1 is 1.33 bits per heavy atom. The summed E-state index contributed by atoms with van der Waals surface area (Å²) in [5.41, 5.74) is 0.274. The second-order valence-corrected chi connectivity index (χ2v) is 5.14.